The lowest BCUT2D eigenvalue weighted by Crippen LogP contribution is -2.20. The summed E-state index contributed by atoms with van der Waals surface area (Å²) in [5.41, 5.74) is 7.61. The van der Waals surface area contributed by atoms with Crippen LogP contribution in [0.25, 0.3) is 0 Å². The predicted octanol–water partition coefficient (Wildman–Crippen LogP) is 4.34. The highest BCUT2D eigenvalue weighted by Gasteiger charge is 2.21. The van der Waals surface area contributed by atoms with E-state index < -0.39 is 0 Å². The van der Waals surface area contributed by atoms with Gasteiger partial charge < -0.3 is 5.73 Å². The molecule has 0 aromatic carbocycles. The Kier molecular flexibility index (Phi) is 6.00. The molecule has 15 heavy (non-hydrogen) atoms. The smallest absolute Gasteiger partial charge is 0.00716 e. The van der Waals surface area contributed by atoms with E-state index in [-0.39, 0.29) is 0 Å². The Morgan fingerprint density at radius 3 is 2.13 bits per heavy atom. The number of rotatable bonds is 5. The minimum absolute atomic E-state index is 0.367. The van der Waals surface area contributed by atoms with E-state index in [0.717, 1.165) is 18.0 Å². The van der Waals surface area contributed by atoms with Gasteiger partial charge in [0.2, 0.25) is 0 Å². The normalized spacial score (nSPS) is 15.8. The van der Waals surface area contributed by atoms with E-state index in [1.807, 2.05) is 0 Å². The van der Waals surface area contributed by atoms with Crippen LogP contribution in [-0.2, 0) is 0 Å². The van der Waals surface area contributed by atoms with Crippen LogP contribution in [-0.4, -0.2) is 0 Å². The van der Waals surface area contributed by atoms with Gasteiger partial charge in [-0.3, -0.25) is 0 Å². The van der Waals surface area contributed by atoms with Gasteiger partial charge in [0.25, 0.3) is 0 Å². The minimum atomic E-state index is 0.367. The van der Waals surface area contributed by atoms with Crippen molar-refractivity contribution in [2.45, 2.75) is 60.8 Å². The van der Waals surface area contributed by atoms with Gasteiger partial charge in [0.15, 0.2) is 0 Å². The molecule has 0 bridgehead atoms. The van der Waals surface area contributed by atoms with E-state index in [2.05, 4.69) is 47.6 Å². The van der Waals surface area contributed by atoms with Gasteiger partial charge in [-0.05, 0) is 36.5 Å². The Morgan fingerprint density at radius 2 is 1.80 bits per heavy atom. The Balaban J connectivity index is 4.51. The molecule has 0 rings (SSSR count). The topological polar surface area (TPSA) is 26.0 Å². The molecule has 0 aromatic heterocycles. The van der Waals surface area contributed by atoms with Gasteiger partial charge in [-0.25, -0.2) is 0 Å². The largest absolute Gasteiger partial charge is 0.402 e. The summed E-state index contributed by atoms with van der Waals surface area (Å²) in [7, 11) is 0. The average molecular weight is 211 g/mol. The summed E-state index contributed by atoms with van der Waals surface area (Å²) < 4.78 is 0. The number of nitrogens with two attached hydrogens (primary N) is 1. The van der Waals surface area contributed by atoms with E-state index in [0.29, 0.717) is 11.3 Å². The van der Waals surface area contributed by atoms with Crippen molar-refractivity contribution in [2.24, 2.45) is 23.0 Å². The van der Waals surface area contributed by atoms with Crippen LogP contribution in [0.4, 0.5) is 0 Å². The molecule has 0 amide bonds. The van der Waals surface area contributed by atoms with Crippen LogP contribution in [0.15, 0.2) is 11.8 Å². The van der Waals surface area contributed by atoms with E-state index in [9.17, 15) is 0 Å². The maximum Gasteiger partial charge on any atom is 0.00716 e. The van der Waals surface area contributed by atoms with Crippen LogP contribution < -0.4 is 5.73 Å². The first-order chi connectivity index (χ1) is 6.76. The van der Waals surface area contributed by atoms with Crippen molar-refractivity contribution in [3.05, 3.63) is 11.8 Å². The van der Waals surface area contributed by atoms with Crippen LogP contribution in [0, 0.1) is 17.3 Å². The average Bonchev–Trinajstić information content (AvgIpc) is 1.99. The zero-order chi connectivity index (χ0) is 12.1. The van der Waals surface area contributed by atoms with E-state index in [4.69, 9.17) is 5.73 Å². The van der Waals surface area contributed by atoms with Gasteiger partial charge in [-0.2, -0.15) is 0 Å². The van der Waals surface area contributed by atoms with Crippen molar-refractivity contribution >= 4 is 0 Å². The summed E-state index contributed by atoms with van der Waals surface area (Å²) in [6, 6.07) is 0. The monoisotopic (exact) mass is 211 g/mol. The van der Waals surface area contributed by atoms with Gasteiger partial charge in [0.1, 0.15) is 0 Å². The number of hydrogen-bond donors (Lipinski definition) is 1. The van der Waals surface area contributed by atoms with Crippen molar-refractivity contribution in [1.82, 2.24) is 0 Å². The first kappa shape index (κ1) is 14.5. The molecular formula is C14H29N. The molecule has 0 saturated carbocycles. The quantitative estimate of drug-likeness (QED) is 0.719. The third-order valence-corrected chi connectivity index (χ3v) is 2.53. The molecule has 0 spiro atoms. The number of allylic oxidation sites excluding steroid dienone is 2. The molecule has 1 atom stereocenters. The van der Waals surface area contributed by atoms with Crippen molar-refractivity contribution < 1.29 is 0 Å². The molecule has 1 unspecified atom stereocenters. The fraction of sp³-hybridized carbons (Fsp3) is 0.857. The molecule has 0 radical (unpaired) electrons. The summed E-state index contributed by atoms with van der Waals surface area (Å²) in [6.07, 6.45) is 5.62. The zero-order valence-corrected chi connectivity index (χ0v) is 11.4. The molecule has 0 fully saturated rings. The van der Waals surface area contributed by atoms with Gasteiger partial charge in [-0.15, -0.1) is 0 Å². The summed E-state index contributed by atoms with van der Waals surface area (Å²) in [5, 5.41) is 0. The van der Waals surface area contributed by atoms with Crippen LogP contribution in [0.2, 0.25) is 0 Å². The van der Waals surface area contributed by atoms with Gasteiger partial charge in [0.05, 0.1) is 0 Å². The zero-order valence-electron chi connectivity index (χ0n) is 11.4. The molecule has 90 valence electrons. The molecule has 0 aliphatic heterocycles. The Morgan fingerprint density at radius 1 is 1.27 bits per heavy atom. The lowest BCUT2D eigenvalue weighted by molar-refractivity contribution is 0.288. The maximum absolute atomic E-state index is 6.15. The fourth-order valence-electron chi connectivity index (χ4n) is 2.05. The first-order valence-corrected chi connectivity index (χ1v) is 6.21. The van der Waals surface area contributed by atoms with Crippen LogP contribution in [0.3, 0.4) is 0 Å². The summed E-state index contributed by atoms with van der Waals surface area (Å²) in [4.78, 5) is 0. The summed E-state index contributed by atoms with van der Waals surface area (Å²) in [5.74, 6) is 1.28. The predicted molar refractivity (Wildman–Crippen MR) is 69.6 cm³/mol. The highest BCUT2D eigenvalue weighted by molar-refractivity contribution is 5.02. The third-order valence-electron chi connectivity index (χ3n) is 2.53. The second kappa shape index (κ2) is 6.19. The van der Waals surface area contributed by atoms with Crippen molar-refractivity contribution in [3.63, 3.8) is 0 Å². The Bertz CT molecular complexity index is 196. The Labute approximate surface area is 96.1 Å². The molecule has 0 aliphatic rings. The fourth-order valence-corrected chi connectivity index (χ4v) is 2.05. The Hall–Kier alpha value is -0.460. The molecule has 0 aliphatic carbocycles. The van der Waals surface area contributed by atoms with Crippen LogP contribution in [0.5, 0.6) is 0 Å². The third kappa shape index (κ3) is 7.47. The van der Waals surface area contributed by atoms with Crippen LogP contribution >= 0.6 is 0 Å². The lowest BCUT2D eigenvalue weighted by Gasteiger charge is -2.27. The molecule has 0 heterocycles. The van der Waals surface area contributed by atoms with Gasteiger partial charge in [0, 0.05) is 5.70 Å². The highest BCUT2D eigenvalue weighted by atomic mass is 14.6. The van der Waals surface area contributed by atoms with Crippen LogP contribution in [0.1, 0.15) is 60.8 Å². The van der Waals surface area contributed by atoms with Crippen molar-refractivity contribution in [3.8, 4) is 0 Å². The second-order valence-electron chi connectivity index (χ2n) is 6.20. The van der Waals surface area contributed by atoms with Gasteiger partial charge in [-0.1, -0.05) is 47.6 Å². The molecule has 0 saturated heterocycles. The van der Waals surface area contributed by atoms with Crippen molar-refractivity contribution in [2.75, 3.05) is 0 Å². The highest BCUT2D eigenvalue weighted by Crippen LogP contribution is 2.31. The van der Waals surface area contributed by atoms with E-state index in [1.54, 1.807) is 0 Å². The first-order valence-electron chi connectivity index (χ1n) is 6.21. The van der Waals surface area contributed by atoms with E-state index in [1.165, 1.54) is 12.8 Å². The van der Waals surface area contributed by atoms with Crippen molar-refractivity contribution in [1.29, 1.82) is 0 Å². The SMILES string of the molecule is CC/C=C(\N)C(CC(C)C)CC(C)(C)C. The number of hydrogen-bond acceptors (Lipinski definition) is 1. The van der Waals surface area contributed by atoms with Gasteiger partial charge >= 0.3 is 0 Å². The molecule has 1 heteroatoms. The molecular weight excluding hydrogens is 182 g/mol. The molecule has 1 nitrogen and oxygen atoms in total. The second-order valence-corrected chi connectivity index (χ2v) is 6.20. The minimum Gasteiger partial charge on any atom is -0.402 e. The molecule has 0 aromatic rings. The lowest BCUT2D eigenvalue weighted by atomic mass is 9.79. The molecule has 2 N–H and O–H groups in total. The standard InChI is InChI=1S/C14H29N/c1-7-8-13(15)12(9-11(2)3)10-14(4,5)6/h8,11-12H,7,9-10,15H2,1-6H3/b13-8-. The van der Waals surface area contributed by atoms with E-state index >= 15 is 0 Å². The maximum atomic E-state index is 6.15. The summed E-state index contributed by atoms with van der Waals surface area (Å²) in [6.45, 7) is 13.6. The summed E-state index contributed by atoms with van der Waals surface area (Å²) >= 11 is 0.